The van der Waals surface area contributed by atoms with Gasteiger partial charge in [0.2, 0.25) is 0 Å². The third-order valence-corrected chi connectivity index (χ3v) is 3.24. The van der Waals surface area contributed by atoms with E-state index in [0.717, 1.165) is 32.1 Å². The fraction of sp³-hybridized carbons (Fsp3) is 0.455. The lowest BCUT2D eigenvalue weighted by Gasteiger charge is -1.99. The van der Waals surface area contributed by atoms with Crippen LogP contribution >= 0.6 is 0 Å². The highest BCUT2D eigenvalue weighted by Crippen LogP contribution is 1.99. The van der Waals surface area contributed by atoms with Crippen LogP contribution in [0.5, 0.6) is 0 Å². The summed E-state index contributed by atoms with van der Waals surface area (Å²) in [6.07, 6.45) is 28.3. The Bertz CT molecular complexity index is 439. The van der Waals surface area contributed by atoms with E-state index in [1.54, 1.807) is 0 Å². The van der Waals surface area contributed by atoms with Crippen LogP contribution in [0.1, 0.15) is 52.4 Å². The maximum Gasteiger partial charge on any atom is 0.0758 e. The molecule has 0 fully saturated rings. The molecule has 0 spiro atoms. The summed E-state index contributed by atoms with van der Waals surface area (Å²) in [6.45, 7) is 4.15. The molecule has 0 bridgehead atoms. The zero-order chi connectivity index (χ0) is 17.9. The third kappa shape index (κ3) is 16.7. The highest BCUT2D eigenvalue weighted by molar-refractivity contribution is 5.09. The minimum absolute atomic E-state index is 0.324. The number of aliphatic hydroxyl groups excluding tert-OH is 2. The Kier molecular flexibility index (Phi) is 16.5. The molecule has 2 heteroatoms. The number of hydrogen-bond acceptors (Lipinski definition) is 2. The Balaban J connectivity index is 3.76. The van der Waals surface area contributed by atoms with Crippen molar-refractivity contribution in [3.8, 4) is 0 Å². The molecule has 0 heterocycles. The zero-order valence-corrected chi connectivity index (χ0v) is 15.2. The average Bonchev–Trinajstić information content (AvgIpc) is 2.56. The van der Waals surface area contributed by atoms with Gasteiger partial charge in [-0.25, -0.2) is 0 Å². The molecule has 0 aromatic heterocycles. The van der Waals surface area contributed by atoms with Crippen molar-refractivity contribution < 1.29 is 10.2 Å². The van der Waals surface area contributed by atoms with Crippen molar-refractivity contribution in [3.63, 3.8) is 0 Å². The molecule has 0 aliphatic heterocycles. The second-order valence-corrected chi connectivity index (χ2v) is 5.61. The lowest BCUT2D eigenvalue weighted by Crippen LogP contribution is -1.99. The van der Waals surface area contributed by atoms with Crippen LogP contribution in [0, 0.1) is 0 Å². The van der Waals surface area contributed by atoms with Gasteiger partial charge in [0.05, 0.1) is 12.2 Å². The molecule has 0 aliphatic rings. The quantitative estimate of drug-likeness (QED) is 0.349. The van der Waals surface area contributed by atoms with E-state index in [4.69, 9.17) is 0 Å². The molecule has 0 radical (unpaired) electrons. The number of aliphatic hydroxyl groups is 2. The van der Waals surface area contributed by atoms with E-state index >= 15 is 0 Å². The lowest BCUT2D eigenvalue weighted by atomic mass is 10.2. The molecule has 0 rings (SSSR count). The van der Waals surface area contributed by atoms with Crippen molar-refractivity contribution in [1.82, 2.24) is 0 Å². The first-order valence-corrected chi connectivity index (χ1v) is 9.03. The van der Waals surface area contributed by atoms with Gasteiger partial charge in [0, 0.05) is 0 Å². The number of allylic oxidation sites excluding steroid dienone is 9. The Hall–Kier alpha value is -1.64. The summed E-state index contributed by atoms with van der Waals surface area (Å²) >= 11 is 0. The van der Waals surface area contributed by atoms with Crippen molar-refractivity contribution in [1.29, 1.82) is 0 Å². The Morgan fingerprint density at radius 3 is 1.79 bits per heavy atom. The first-order valence-electron chi connectivity index (χ1n) is 9.03. The Morgan fingerprint density at radius 1 is 0.667 bits per heavy atom. The number of hydrogen-bond donors (Lipinski definition) is 2. The summed E-state index contributed by atoms with van der Waals surface area (Å²) in [5.41, 5.74) is 0. The SMILES string of the molecule is CC/C=C\C[C@H](O)/C=C/C=C\C/C=C\C/C=C\C=C\[C@@H](O)CCC. The van der Waals surface area contributed by atoms with E-state index in [1.165, 1.54) is 0 Å². The summed E-state index contributed by atoms with van der Waals surface area (Å²) in [4.78, 5) is 0. The highest BCUT2D eigenvalue weighted by atomic mass is 16.3. The lowest BCUT2D eigenvalue weighted by molar-refractivity contribution is 0.211. The first-order chi connectivity index (χ1) is 11.7. The van der Waals surface area contributed by atoms with Crippen molar-refractivity contribution >= 4 is 0 Å². The predicted molar refractivity (Wildman–Crippen MR) is 106 cm³/mol. The van der Waals surface area contributed by atoms with Crippen molar-refractivity contribution in [2.75, 3.05) is 0 Å². The summed E-state index contributed by atoms with van der Waals surface area (Å²) in [6, 6.07) is 0. The summed E-state index contributed by atoms with van der Waals surface area (Å²) in [7, 11) is 0. The first kappa shape index (κ1) is 22.4. The van der Waals surface area contributed by atoms with Crippen LogP contribution in [0.15, 0.2) is 72.9 Å². The van der Waals surface area contributed by atoms with E-state index in [9.17, 15) is 10.2 Å². The summed E-state index contributed by atoms with van der Waals surface area (Å²) in [5, 5.41) is 19.2. The molecular weight excluding hydrogens is 296 g/mol. The van der Waals surface area contributed by atoms with Gasteiger partial charge in [-0.2, -0.15) is 0 Å². The standard InChI is InChI=1S/C22H34O2/c1-3-5-14-18-22(24)20-16-13-11-9-7-6-8-10-12-15-19-21(23)17-4-2/h5-7,10-16,19-24H,3-4,8-9,17-18H2,1-2H3/b7-6-,12-10-,13-11-,14-5-,19-15+,20-16+/t21-,22-/m0/s1. The van der Waals surface area contributed by atoms with Crippen molar-refractivity contribution in [3.05, 3.63) is 72.9 Å². The van der Waals surface area contributed by atoms with Crippen LogP contribution in [0.3, 0.4) is 0 Å². The van der Waals surface area contributed by atoms with Gasteiger partial charge >= 0.3 is 0 Å². The van der Waals surface area contributed by atoms with Gasteiger partial charge in [0.1, 0.15) is 0 Å². The molecule has 2 nitrogen and oxygen atoms in total. The molecule has 0 aromatic rings. The third-order valence-electron chi connectivity index (χ3n) is 3.24. The maximum absolute atomic E-state index is 9.67. The monoisotopic (exact) mass is 330 g/mol. The fourth-order valence-electron chi connectivity index (χ4n) is 1.92. The molecule has 0 saturated carbocycles. The summed E-state index contributed by atoms with van der Waals surface area (Å²) in [5.74, 6) is 0. The molecule has 134 valence electrons. The molecular formula is C22H34O2. The summed E-state index contributed by atoms with van der Waals surface area (Å²) < 4.78 is 0. The van der Waals surface area contributed by atoms with E-state index in [0.29, 0.717) is 6.42 Å². The van der Waals surface area contributed by atoms with Gasteiger partial charge in [-0.3, -0.25) is 0 Å². The van der Waals surface area contributed by atoms with E-state index in [1.807, 2.05) is 42.5 Å². The average molecular weight is 331 g/mol. The van der Waals surface area contributed by atoms with Crippen LogP contribution in [0.25, 0.3) is 0 Å². The molecule has 0 unspecified atom stereocenters. The second-order valence-electron chi connectivity index (χ2n) is 5.61. The molecule has 0 saturated heterocycles. The number of rotatable bonds is 13. The minimum Gasteiger partial charge on any atom is -0.389 e. The van der Waals surface area contributed by atoms with E-state index in [2.05, 4.69) is 44.2 Å². The van der Waals surface area contributed by atoms with Gasteiger partial charge in [0.25, 0.3) is 0 Å². The van der Waals surface area contributed by atoms with Crippen LogP contribution in [0.2, 0.25) is 0 Å². The van der Waals surface area contributed by atoms with Crippen LogP contribution in [0.4, 0.5) is 0 Å². The van der Waals surface area contributed by atoms with E-state index < -0.39 is 6.10 Å². The fourth-order valence-corrected chi connectivity index (χ4v) is 1.92. The normalized spacial score (nSPS) is 16.0. The van der Waals surface area contributed by atoms with Gasteiger partial charge in [0.15, 0.2) is 0 Å². The molecule has 2 N–H and O–H groups in total. The molecule has 0 aliphatic carbocycles. The smallest absolute Gasteiger partial charge is 0.0758 e. The van der Waals surface area contributed by atoms with Crippen LogP contribution in [-0.2, 0) is 0 Å². The van der Waals surface area contributed by atoms with Crippen LogP contribution in [-0.4, -0.2) is 22.4 Å². The molecule has 24 heavy (non-hydrogen) atoms. The van der Waals surface area contributed by atoms with Gasteiger partial charge in [-0.15, -0.1) is 0 Å². The van der Waals surface area contributed by atoms with Crippen molar-refractivity contribution in [2.24, 2.45) is 0 Å². The van der Waals surface area contributed by atoms with Gasteiger partial charge < -0.3 is 10.2 Å². The predicted octanol–water partition coefficient (Wildman–Crippen LogP) is 5.43. The van der Waals surface area contributed by atoms with Gasteiger partial charge in [-0.05, 0) is 32.1 Å². The maximum atomic E-state index is 9.67. The van der Waals surface area contributed by atoms with Crippen LogP contribution < -0.4 is 0 Å². The zero-order valence-electron chi connectivity index (χ0n) is 15.2. The highest BCUT2D eigenvalue weighted by Gasteiger charge is 1.93. The van der Waals surface area contributed by atoms with Gasteiger partial charge in [-0.1, -0.05) is 93.2 Å². The Morgan fingerprint density at radius 2 is 1.25 bits per heavy atom. The molecule has 2 atom stereocenters. The second kappa shape index (κ2) is 17.7. The topological polar surface area (TPSA) is 40.5 Å². The Labute approximate surface area is 148 Å². The molecule has 0 amide bonds. The van der Waals surface area contributed by atoms with E-state index in [-0.39, 0.29) is 6.10 Å². The minimum atomic E-state index is -0.401. The molecule has 0 aromatic carbocycles. The largest absolute Gasteiger partial charge is 0.389 e. The van der Waals surface area contributed by atoms with Crippen molar-refractivity contribution in [2.45, 2.75) is 64.6 Å².